The van der Waals surface area contributed by atoms with Gasteiger partial charge in [0.05, 0.1) is 6.26 Å². The summed E-state index contributed by atoms with van der Waals surface area (Å²) < 4.78 is 5.15. The molecule has 0 unspecified atom stereocenters. The number of amides is 2. The van der Waals surface area contributed by atoms with Gasteiger partial charge >= 0.3 is 0 Å². The van der Waals surface area contributed by atoms with Crippen LogP contribution in [-0.4, -0.2) is 35.8 Å². The molecular formula is C19H21ClN2O3. The van der Waals surface area contributed by atoms with E-state index >= 15 is 0 Å². The highest BCUT2D eigenvalue weighted by Crippen LogP contribution is 2.17. The van der Waals surface area contributed by atoms with Crippen molar-refractivity contribution < 1.29 is 14.0 Å². The molecule has 2 amide bonds. The van der Waals surface area contributed by atoms with Gasteiger partial charge in [-0.25, -0.2) is 0 Å². The molecule has 2 heterocycles. The molecule has 0 spiro atoms. The number of nitrogens with one attached hydrogen (secondary N) is 1. The van der Waals surface area contributed by atoms with Crippen molar-refractivity contribution in [3.05, 3.63) is 59.0 Å². The van der Waals surface area contributed by atoms with Gasteiger partial charge in [-0.15, -0.1) is 0 Å². The maximum atomic E-state index is 12.2. The number of hydrogen-bond donors (Lipinski definition) is 1. The minimum Gasteiger partial charge on any atom is -0.459 e. The Morgan fingerprint density at radius 2 is 1.92 bits per heavy atom. The SMILES string of the molecule is O=C(CCc1ccccc1Cl)NC1CCN(C(=O)c2ccco2)CC1. The quantitative estimate of drug-likeness (QED) is 0.890. The Labute approximate surface area is 151 Å². The van der Waals surface area contributed by atoms with Crippen LogP contribution in [0.15, 0.2) is 47.1 Å². The fraction of sp³-hybridized carbons (Fsp3) is 0.368. The molecule has 3 rings (SSSR count). The smallest absolute Gasteiger partial charge is 0.289 e. The number of benzene rings is 1. The first-order valence-corrected chi connectivity index (χ1v) is 8.87. The fourth-order valence-electron chi connectivity index (χ4n) is 3.03. The zero-order chi connectivity index (χ0) is 17.6. The van der Waals surface area contributed by atoms with Gasteiger partial charge in [0.15, 0.2) is 5.76 Å². The fourth-order valence-corrected chi connectivity index (χ4v) is 3.26. The van der Waals surface area contributed by atoms with E-state index in [1.807, 2.05) is 24.3 Å². The minimum absolute atomic E-state index is 0.0238. The van der Waals surface area contributed by atoms with Crippen LogP contribution in [0.1, 0.15) is 35.4 Å². The summed E-state index contributed by atoms with van der Waals surface area (Å²) in [5, 5.41) is 3.75. The lowest BCUT2D eigenvalue weighted by atomic mass is 10.0. The Morgan fingerprint density at radius 1 is 1.16 bits per heavy atom. The van der Waals surface area contributed by atoms with E-state index in [-0.39, 0.29) is 17.9 Å². The summed E-state index contributed by atoms with van der Waals surface area (Å²) in [5.41, 5.74) is 0.984. The molecule has 6 heteroatoms. The second-order valence-corrected chi connectivity index (χ2v) is 6.61. The van der Waals surface area contributed by atoms with E-state index in [9.17, 15) is 9.59 Å². The second-order valence-electron chi connectivity index (χ2n) is 6.20. The van der Waals surface area contributed by atoms with Crippen LogP contribution >= 0.6 is 11.6 Å². The Hall–Kier alpha value is -2.27. The minimum atomic E-state index is -0.0894. The van der Waals surface area contributed by atoms with Crippen LogP contribution in [0.5, 0.6) is 0 Å². The van der Waals surface area contributed by atoms with Crippen LogP contribution in [0.4, 0.5) is 0 Å². The van der Waals surface area contributed by atoms with Crippen molar-refractivity contribution in [3.8, 4) is 0 Å². The maximum absolute atomic E-state index is 12.2. The van der Waals surface area contributed by atoms with E-state index in [0.29, 0.717) is 36.7 Å². The van der Waals surface area contributed by atoms with E-state index in [1.165, 1.54) is 6.26 Å². The van der Waals surface area contributed by atoms with Crippen LogP contribution in [0.25, 0.3) is 0 Å². The predicted octanol–water partition coefficient (Wildman–Crippen LogP) is 3.29. The van der Waals surface area contributed by atoms with Gasteiger partial charge in [0.1, 0.15) is 0 Å². The summed E-state index contributed by atoms with van der Waals surface area (Å²) in [6, 6.07) is 11.1. The number of hydrogen-bond acceptors (Lipinski definition) is 3. The number of furan rings is 1. The summed E-state index contributed by atoms with van der Waals surface area (Å²) in [4.78, 5) is 26.1. The highest BCUT2D eigenvalue weighted by molar-refractivity contribution is 6.31. The van der Waals surface area contributed by atoms with E-state index in [0.717, 1.165) is 18.4 Å². The number of aryl methyl sites for hydroxylation is 1. The first-order chi connectivity index (χ1) is 12.1. The molecule has 0 aliphatic carbocycles. The number of nitrogens with zero attached hydrogens (tertiary/aromatic N) is 1. The lowest BCUT2D eigenvalue weighted by Crippen LogP contribution is -2.46. The molecule has 1 aliphatic heterocycles. The van der Waals surface area contributed by atoms with Crippen molar-refractivity contribution in [1.29, 1.82) is 0 Å². The zero-order valence-corrected chi connectivity index (χ0v) is 14.7. The van der Waals surface area contributed by atoms with Crippen molar-refractivity contribution in [2.45, 2.75) is 31.7 Å². The third kappa shape index (κ3) is 4.63. The molecule has 1 fully saturated rings. The van der Waals surface area contributed by atoms with Crippen molar-refractivity contribution in [1.82, 2.24) is 10.2 Å². The van der Waals surface area contributed by atoms with E-state index in [1.54, 1.807) is 17.0 Å². The van der Waals surface area contributed by atoms with Crippen molar-refractivity contribution in [2.24, 2.45) is 0 Å². The van der Waals surface area contributed by atoms with Crippen LogP contribution in [-0.2, 0) is 11.2 Å². The average molecular weight is 361 g/mol. The van der Waals surface area contributed by atoms with Gasteiger partial charge in [-0.3, -0.25) is 9.59 Å². The predicted molar refractivity (Wildman–Crippen MR) is 95.5 cm³/mol. The molecule has 132 valence electrons. The first-order valence-electron chi connectivity index (χ1n) is 8.49. The van der Waals surface area contributed by atoms with Crippen molar-refractivity contribution >= 4 is 23.4 Å². The van der Waals surface area contributed by atoms with E-state index in [2.05, 4.69) is 5.32 Å². The average Bonchev–Trinajstić information content (AvgIpc) is 3.16. The topological polar surface area (TPSA) is 62.6 Å². The molecule has 25 heavy (non-hydrogen) atoms. The molecule has 0 saturated carbocycles. The van der Waals surface area contributed by atoms with Gasteiger partial charge in [0.25, 0.3) is 5.91 Å². The number of likely N-dealkylation sites (tertiary alicyclic amines) is 1. The molecule has 1 aromatic carbocycles. The highest BCUT2D eigenvalue weighted by atomic mass is 35.5. The van der Waals surface area contributed by atoms with Gasteiger partial charge in [-0.05, 0) is 43.0 Å². The third-order valence-corrected chi connectivity index (χ3v) is 4.83. The highest BCUT2D eigenvalue weighted by Gasteiger charge is 2.25. The molecular weight excluding hydrogens is 340 g/mol. The van der Waals surface area contributed by atoms with E-state index in [4.69, 9.17) is 16.0 Å². The van der Waals surface area contributed by atoms with Crippen LogP contribution < -0.4 is 5.32 Å². The van der Waals surface area contributed by atoms with Crippen LogP contribution in [0.3, 0.4) is 0 Å². The molecule has 1 saturated heterocycles. The first kappa shape index (κ1) is 17.5. The number of piperidine rings is 1. The standard InChI is InChI=1S/C19H21ClN2O3/c20-16-5-2-1-4-14(16)7-8-18(23)21-15-9-11-22(12-10-15)19(24)17-6-3-13-25-17/h1-6,13,15H,7-12H2,(H,21,23). The van der Waals surface area contributed by atoms with E-state index < -0.39 is 0 Å². The largest absolute Gasteiger partial charge is 0.459 e. The third-order valence-electron chi connectivity index (χ3n) is 4.46. The Balaban J connectivity index is 1.42. The molecule has 1 aromatic heterocycles. The van der Waals surface area contributed by atoms with Crippen molar-refractivity contribution in [3.63, 3.8) is 0 Å². The molecule has 2 aromatic rings. The maximum Gasteiger partial charge on any atom is 0.289 e. The summed E-state index contributed by atoms with van der Waals surface area (Å²) in [6.45, 7) is 1.24. The number of rotatable bonds is 5. The van der Waals surface area contributed by atoms with Crippen LogP contribution in [0.2, 0.25) is 5.02 Å². The Kier molecular flexibility index (Phi) is 5.76. The lowest BCUT2D eigenvalue weighted by Gasteiger charge is -2.31. The second kappa shape index (κ2) is 8.21. The summed E-state index contributed by atoms with van der Waals surface area (Å²) in [7, 11) is 0. The molecule has 1 aliphatic rings. The lowest BCUT2D eigenvalue weighted by molar-refractivity contribution is -0.122. The number of halogens is 1. The zero-order valence-electron chi connectivity index (χ0n) is 13.9. The molecule has 0 bridgehead atoms. The molecule has 0 radical (unpaired) electrons. The van der Waals surface area contributed by atoms with Gasteiger partial charge in [0, 0.05) is 30.6 Å². The summed E-state index contributed by atoms with van der Waals surface area (Å²) >= 11 is 6.11. The number of carbonyl (C=O) groups is 2. The Morgan fingerprint density at radius 3 is 2.60 bits per heavy atom. The van der Waals surface area contributed by atoms with Crippen LogP contribution in [0, 0.1) is 0 Å². The van der Waals surface area contributed by atoms with Gasteiger partial charge in [-0.2, -0.15) is 0 Å². The monoisotopic (exact) mass is 360 g/mol. The summed E-state index contributed by atoms with van der Waals surface area (Å²) in [5.74, 6) is 0.298. The molecule has 1 N–H and O–H groups in total. The molecule has 5 nitrogen and oxygen atoms in total. The van der Waals surface area contributed by atoms with Gasteiger partial charge < -0.3 is 14.6 Å². The van der Waals surface area contributed by atoms with Crippen molar-refractivity contribution in [2.75, 3.05) is 13.1 Å². The van der Waals surface area contributed by atoms with Gasteiger partial charge in [0.2, 0.25) is 5.91 Å². The summed E-state index contributed by atoms with van der Waals surface area (Å²) in [6.07, 6.45) is 4.05. The number of carbonyl (C=O) groups excluding carboxylic acids is 2. The normalized spacial score (nSPS) is 15.2. The Bertz CT molecular complexity index is 722. The molecule has 0 atom stereocenters. The van der Waals surface area contributed by atoms with Gasteiger partial charge in [-0.1, -0.05) is 29.8 Å².